The molecule has 7 heteroatoms. The number of carbonyl (C=O) groups excluding carboxylic acids is 2. The zero-order valence-electron chi connectivity index (χ0n) is 22.9. The standard InChI is InChI=1S/C32H36N4O3/c1-4-5-22-35(30(38)21-16-25-12-8-6-9-13-25)23-29(37)33-32-31(26-14-10-7-11-15-26)24(2)34-36(32)27-17-19-28(39-3)20-18-27/h6-15,17-20H,4-5,16,21-23H2,1-3H3,(H,33,37). The first-order valence-corrected chi connectivity index (χ1v) is 13.4. The maximum Gasteiger partial charge on any atom is 0.245 e. The topological polar surface area (TPSA) is 76.5 Å². The molecule has 202 valence electrons. The van der Waals surface area contributed by atoms with Gasteiger partial charge in [-0.15, -0.1) is 0 Å². The first-order chi connectivity index (χ1) is 19.0. The summed E-state index contributed by atoms with van der Waals surface area (Å²) in [5.74, 6) is 1.02. The van der Waals surface area contributed by atoms with E-state index < -0.39 is 0 Å². The molecule has 0 spiro atoms. The molecule has 0 aliphatic rings. The van der Waals surface area contributed by atoms with E-state index in [4.69, 9.17) is 9.84 Å². The Kier molecular flexibility index (Phi) is 9.51. The average molecular weight is 525 g/mol. The van der Waals surface area contributed by atoms with E-state index >= 15 is 0 Å². The highest BCUT2D eigenvalue weighted by Crippen LogP contribution is 2.33. The lowest BCUT2D eigenvalue weighted by Gasteiger charge is -2.22. The van der Waals surface area contributed by atoms with Crippen LogP contribution in [0.15, 0.2) is 84.9 Å². The van der Waals surface area contributed by atoms with Crippen LogP contribution in [0.3, 0.4) is 0 Å². The molecule has 0 bridgehead atoms. The van der Waals surface area contributed by atoms with Crippen LogP contribution in [0.25, 0.3) is 16.8 Å². The third-order valence-electron chi connectivity index (χ3n) is 6.64. The zero-order valence-corrected chi connectivity index (χ0v) is 22.9. The fourth-order valence-corrected chi connectivity index (χ4v) is 4.54. The molecule has 0 aliphatic heterocycles. The highest BCUT2D eigenvalue weighted by Gasteiger charge is 2.23. The first kappa shape index (κ1) is 27.6. The third-order valence-corrected chi connectivity index (χ3v) is 6.64. The molecule has 2 amide bonds. The number of anilines is 1. The van der Waals surface area contributed by atoms with Crippen LogP contribution < -0.4 is 10.1 Å². The average Bonchev–Trinajstić information content (AvgIpc) is 3.30. The molecule has 0 unspecified atom stereocenters. The van der Waals surface area contributed by atoms with Crippen molar-refractivity contribution in [1.29, 1.82) is 0 Å². The molecule has 0 radical (unpaired) electrons. The Hall–Kier alpha value is -4.39. The molecule has 1 heterocycles. The highest BCUT2D eigenvalue weighted by atomic mass is 16.5. The number of ether oxygens (including phenoxy) is 1. The minimum absolute atomic E-state index is 0.0192. The van der Waals surface area contributed by atoms with Gasteiger partial charge in [0.05, 0.1) is 25.0 Å². The fraction of sp³-hybridized carbons (Fsp3) is 0.281. The van der Waals surface area contributed by atoms with Gasteiger partial charge in [-0.2, -0.15) is 5.10 Å². The number of rotatable bonds is 12. The molecule has 1 N–H and O–H groups in total. The number of hydrogen-bond donors (Lipinski definition) is 1. The number of amides is 2. The van der Waals surface area contributed by atoms with Crippen molar-refractivity contribution in [3.63, 3.8) is 0 Å². The molecule has 4 rings (SSSR count). The summed E-state index contributed by atoms with van der Waals surface area (Å²) < 4.78 is 7.05. The number of carbonyl (C=O) groups is 2. The minimum Gasteiger partial charge on any atom is -0.497 e. The zero-order chi connectivity index (χ0) is 27.6. The molecule has 0 aliphatic carbocycles. The lowest BCUT2D eigenvalue weighted by Crippen LogP contribution is -2.39. The number of unbranched alkanes of at least 4 members (excludes halogenated alkanes) is 1. The van der Waals surface area contributed by atoms with E-state index in [0.717, 1.165) is 46.7 Å². The number of aryl methyl sites for hydroxylation is 2. The summed E-state index contributed by atoms with van der Waals surface area (Å²) in [6.07, 6.45) is 2.78. The van der Waals surface area contributed by atoms with Crippen molar-refractivity contribution in [3.8, 4) is 22.6 Å². The highest BCUT2D eigenvalue weighted by molar-refractivity contribution is 5.98. The molecule has 7 nitrogen and oxygen atoms in total. The second-order valence-corrected chi connectivity index (χ2v) is 9.49. The van der Waals surface area contributed by atoms with Crippen LogP contribution in [-0.2, 0) is 16.0 Å². The number of benzene rings is 3. The fourth-order valence-electron chi connectivity index (χ4n) is 4.54. The smallest absolute Gasteiger partial charge is 0.245 e. The number of hydrogen-bond acceptors (Lipinski definition) is 4. The van der Waals surface area contributed by atoms with Crippen molar-refractivity contribution in [3.05, 3.63) is 96.2 Å². The van der Waals surface area contributed by atoms with E-state index in [0.29, 0.717) is 25.2 Å². The van der Waals surface area contributed by atoms with E-state index in [1.165, 1.54) is 0 Å². The van der Waals surface area contributed by atoms with Gasteiger partial charge in [0, 0.05) is 18.5 Å². The number of methoxy groups -OCH3 is 1. The van der Waals surface area contributed by atoms with Gasteiger partial charge in [0.25, 0.3) is 0 Å². The molecule has 0 saturated carbocycles. The second kappa shape index (κ2) is 13.4. The van der Waals surface area contributed by atoms with Crippen LogP contribution in [0.4, 0.5) is 5.82 Å². The van der Waals surface area contributed by atoms with Gasteiger partial charge in [-0.1, -0.05) is 74.0 Å². The largest absolute Gasteiger partial charge is 0.497 e. The first-order valence-electron chi connectivity index (χ1n) is 13.4. The van der Waals surface area contributed by atoms with Crippen LogP contribution in [0.1, 0.15) is 37.4 Å². The Balaban J connectivity index is 1.59. The number of nitrogens with one attached hydrogen (secondary N) is 1. The lowest BCUT2D eigenvalue weighted by atomic mass is 10.1. The monoisotopic (exact) mass is 524 g/mol. The Morgan fingerprint density at radius 1 is 0.949 bits per heavy atom. The summed E-state index contributed by atoms with van der Waals surface area (Å²) in [5, 5.41) is 7.87. The van der Waals surface area contributed by atoms with E-state index in [1.54, 1.807) is 16.7 Å². The van der Waals surface area contributed by atoms with E-state index in [-0.39, 0.29) is 18.4 Å². The van der Waals surface area contributed by atoms with E-state index in [9.17, 15) is 9.59 Å². The molecular weight excluding hydrogens is 488 g/mol. The van der Waals surface area contributed by atoms with Gasteiger partial charge in [-0.25, -0.2) is 4.68 Å². The van der Waals surface area contributed by atoms with Gasteiger partial charge in [0.1, 0.15) is 11.6 Å². The summed E-state index contributed by atoms with van der Waals surface area (Å²) in [6, 6.07) is 27.3. The number of aromatic nitrogens is 2. The molecule has 0 atom stereocenters. The summed E-state index contributed by atoms with van der Waals surface area (Å²) >= 11 is 0. The number of nitrogens with zero attached hydrogens (tertiary/aromatic N) is 3. The van der Waals surface area contributed by atoms with Gasteiger partial charge in [0.15, 0.2) is 0 Å². The normalized spacial score (nSPS) is 10.7. The molecule has 39 heavy (non-hydrogen) atoms. The molecule has 0 fully saturated rings. The second-order valence-electron chi connectivity index (χ2n) is 9.49. The van der Waals surface area contributed by atoms with Crippen molar-refractivity contribution in [2.45, 2.75) is 39.5 Å². The van der Waals surface area contributed by atoms with Crippen molar-refractivity contribution in [2.75, 3.05) is 25.5 Å². The van der Waals surface area contributed by atoms with Gasteiger partial charge < -0.3 is 15.0 Å². The van der Waals surface area contributed by atoms with E-state index in [2.05, 4.69) is 12.2 Å². The van der Waals surface area contributed by atoms with Crippen molar-refractivity contribution in [2.24, 2.45) is 0 Å². The van der Waals surface area contributed by atoms with Crippen molar-refractivity contribution >= 4 is 17.6 Å². The maximum absolute atomic E-state index is 13.5. The van der Waals surface area contributed by atoms with Crippen molar-refractivity contribution in [1.82, 2.24) is 14.7 Å². The Labute approximate surface area is 230 Å². The van der Waals surface area contributed by atoms with Crippen LogP contribution in [0.2, 0.25) is 0 Å². The third kappa shape index (κ3) is 7.13. The van der Waals surface area contributed by atoms with Crippen LogP contribution in [0, 0.1) is 6.92 Å². The van der Waals surface area contributed by atoms with Gasteiger partial charge >= 0.3 is 0 Å². The van der Waals surface area contributed by atoms with Gasteiger partial charge in [0.2, 0.25) is 11.8 Å². The molecule has 0 saturated heterocycles. The predicted molar refractivity (Wildman–Crippen MR) is 155 cm³/mol. The predicted octanol–water partition coefficient (Wildman–Crippen LogP) is 6.06. The Morgan fingerprint density at radius 3 is 2.26 bits per heavy atom. The lowest BCUT2D eigenvalue weighted by molar-refractivity contribution is -0.134. The molecule has 4 aromatic rings. The molecular formula is C32H36N4O3. The Bertz CT molecular complexity index is 1370. The quantitative estimate of drug-likeness (QED) is 0.245. The minimum atomic E-state index is -0.258. The summed E-state index contributed by atoms with van der Waals surface area (Å²) in [4.78, 5) is 28.3. The summed E-state index contributed by atoms with van der Waals surface area (Å²) in [6.45, 7) is 4.53. The van der Waals surface area contributed by atoms with Crippen LogP contribution >= 0.6 is 0 Å². The van der Waals surface area contributed by atoms with E-state index in [1.807, 2.05) is 91.9 Å². The Morgan fingerprint density at radius 2 is 1.62 bits per heavy atom. The van der Waals surface area contributed by atoms with Gasteiger partial charge in [-0.3, -0.25) is 9.59 Å². The van der Waals surface area contributed by atoms with Crippen LogP contribution in [0.5, 0.6) is 5.75 Å². The van der Waals surface area contributed by atoms with Crippen molar-refractivity contribution < 1.29 is 14.3 Å². The molecule has 1 aromatic heterocycles. The SMILES string of the molecule is CCCCN(CC(=O)Nc1c(-c2ccccc2)c(C)nn1-c1ccc(OC)cc1)C(=O)CCc1ccccc1. The van der Waals surface area contributed by atoms with Crippen LogP contribution in [-0.4, -0.2) is 46.7 Å². The summed E-state index contributed by atoms with van der Waals surface area (Å²) in [5.41, 5.74) is 4.48. The maximum atomic E-state index is 13.5. The molecule has 3 aromatic carbocycles. The summed E-state index contributed by atoms with van der Waals surface area (Å²) in [7, 11) is 1.62. The van der Waals surface area contributed by atoms with Gasteiger partial charge in [-0.05, 0) is 55.2 Å².